The van der Waals surface area contributed by atoms with Crippen molar-refractivity contribution in [2.24, 2.45) is 0 Å². The topological polar surface area (TPSA) is 21.3 Å². The van der Waals surface area contributed by atoms with Crippen molar-refractivity contribution in [3.63, 3.8) is 0 Å². The first kappa shape index (κ1) is 12.1. The Morgan fingerprint density at radius 3 is 2.68 bits per heavy atom. The van der Waals surface area contributed by atoms with Crippen molar-refractivity contribution in [3.05, 3.63) is 59.7 Å². The van der Waals surface area contributed by atoms with Crippen LogP contribution >= 0.6 is 0 Å². The first-order valence-electron chi connectivity index (χ1n) is 6.86. The second-order valence-corrected chi connectivity index (χ2v) is 5.13. The van der Waals surface area contributed by atoms with E-state index in [1.165, 1.54) is 16.8 Å². The van der Waals surface area contributed by atoms with E-state index in [2.05, 4.69) is 48.6 Å². The van der Waals surface area contributed by atoms with Gasteiger partial charge in [-0.1, -0.05) is 35.9 Å². The Morgan fingerprint density at radius 2 is 1.84 bits per heavy atom. The minimum Gasteiger partial charge on any atom is -0.489 e. The lowest BCUT2D eigenvalue weighted by molar-refractivity contribution is 0.206. The predicted molar refractivity (Wildman–Crippen MR) is 78.8 cm³/mol. The van der Waals surface area contributed by atoms with Crippen molar-refractivity contribution in [2.45, 2.75) is 25.9 Å². The predicted octanol–water partition coefficient (Wildman–Crippen LogP) is 3.80. The second-order valence-electron chi connectivity index (χ2n) is 5.13. The molecule has 1 aliphatic rings. The zero-order chi connectivity index (χ0) is 13.1. The van der Waals surface area contributed by atoms with Gasteiger partial charge >= 0.3 is 0 Å². The molecule has 98 valence electrons. The quantitative estimate of drug-likeness (QED) is 0.879. The molecule has 1 aliphatic heterocycles. The normalized spacial score (nSPS) is 18.1. The fourth-order valence-corrected chi connectivity index (χ4v) is 2.46. The van der Waals surface area contributed by atoms with E-state index in [0.29, 0.717) is 0 Å². The first-order valence-corrected chi connectivity index (χ1v) is 6.86. The van der Waals surface area contributed by atoms with Crippen LogP contribution in [0, 0.1) is 6.92 Å². The minimum absolute atomic E-state index is 0.232. The third-order valence-corrected chi connectivity index (χ3v) is 3.60. The van der Waals surface area contributed by atoms with Gasteiger partial charge in [-0.25, -0.2) is 0 Å². The molecule has 1 unspecified atom stereocenters. The fraction of sp³-hybridized carbons (Fsp3) is 0.294. The number of hydrogen-bond donors (Lipinski definition) is 1. The lowest BCUT2D eigenvalue weighted by atomic mass is 10.1. The zero-order valence-corrected chi connectivity index (χ0v) is 11.2. The molecule has 0 radical (unpaired) electrons. The van der Waals surface area contributed by atoms with Crippen LogP contribution < -0.4 is 10.1 Å². The van der Waals surface area contributed by atoms with Gasteiger partial charge < -0.3 is 10.1 Å². The number of ether oxygens (including phenoxy) is 1. The lowest BCUT2D eigenvalue weighted by Crippen LogP contribution is -2.24. The van der Waals surface area contributed by atoms with Crippen LogP contribution in [0.3, 0.4) is 0 Å². The van der Waals surface area contributed by atoms with Crippen LogP contribution in [0.25, 0.3) is 0 Å². The molecule has 1 heterocycles. The highest BCUT2D eigenvalue weighted by Crippen LogP contribution is 2.23. The summed E-state index contributed by atoms with van der Waals surface area (Å²) in [6, 6.07) is 16.8. The van der Waals surface area contributed by atoms with Gasteiger partial charge in [0.05, 0.1) is 6.54 Å². The maximum absolute atomic E-state index is 6.06. The molecule has 1 atom stereocenters. The van der Waals surface area contributed by atoms with Gasteiger partial charge in [0.15, 0.2) is 0 Å². The highest BCUT2D eigenvalue weighted by atomic mass is 16.5. The maximum atomic E-state index is 6.06. The zero-order valence-electron chi connectivity index (χ0n) is 11.2. The van der Waals surface area contributed by atoms with Gasteiger partial charge in [0, 0.05) is 5.69 Å². The summed E-state index contributed by atoms with van der Waals surface area (Å²) in [5, 5.41) is 3.48. The van der Waals surface area contributed by atoms with Crippen LogP contribution in [0.2, 0.25) is 0 Å². The van der Waals surface area contributed by atoms with E-state index >= 15 is 0 Å². The van der Waals surface area contributed by atoms with Crippen LogP contribution in [0.15, 0.2) is 48.5 Å². The molecule has 1 N–H and O–H groups in total. The number of hydrogen-bond acceptors (Lipinski definition) is 2. The molecule has 2 heteroatoms. The number of nitrogens with one attached hydrogen (secondary N) is 1. The highest BCUT2D eigenvalue weighted by Gasteiger charge is 2.16. The molecule has 0 bridgehead atoms. The van der Waals surface area contributed by atoms with E-state index in [0.717, 1.165) is 25.1 Å². The third-order valence-electron chi connectivity index (χ3n) is 3.60. The summed E-state index contributed by atoms with van der Waals surface area (Å²) in [6.07, 6.45) is 2.35. The third kappa shape index (κ3) is 2.90. The van der Waals surface area contributed by atoms with Crippen molar-refractivity contribution in [3.8, 4) is 5.75 Å². The summed E-state index contributed by atoms with van der Waals surface area (Å²) < 4.78 is 6.06. The molecule has 2 nitrogen and oxygen atoms in total. The number of fused-ring (bicyclic) bond motifs is 1. The standard InChI is InChI=1S/C17H19NO/c1-13-6-9-15(10-7-13)19-16-11-8-14-4-2-3-5-17(14)18-12-16/h2-7,9-10,16,18H,8,11-12H2,1H3. The Balaban J connectivity index is 1.67. The summed E-state index contributed by atoms with van der Waals surface area (Å²) in [5.74, 6) is 0.961. The Bertz CT molecular complexity index is 520. The van der Waals surface area contributed by atoms with Gasteiger partial charge in [0.25, 0.3) is 0 Å². The monoisotopic (exact) mass is 253 g/mol. The number of aryl methyl sites for hydroxylation is 2. The molecule has 0 aliphatic carbocycles. The molecular weight excluding hydrogens is 234 g/mol. The molecule has 0 saturated carbocycles. The molecule has 2 aromatic carbocycles. The van der Waals surface area contributed by atoms with Crippen LogP contribution in [-0.4, -0.2) is 12.6 Å². The maximum Gasteiger partial charge on any atom is 0.119 e. The second kappa shape index (κ2) is 5.35. The van der Waals surface area contributed by atoms with E-state index in [-0.39, 0.29) is 6.10 Å². The molecule has 0 saturated heterocycles. The number of rotatable bonds is 2. The smallest absolute Gasteiger partial charge is 0.119 e. The first-order chi connectivity index (χ1) is 9.31. The summed E-state index contributed by atoms with van der Waals surface area (Å²) in [7, 11) is 0. The summed E-state index contributed by atoms with van der Waals surface area (Å²) in [4.78, 5) is 0. The molecule has 0 fully saturated rings. The SMILES string of the molecule is Cc1ccc(OC2CCc3ccccc3NC2)cc1. The van der Waals surface area contributed by atoms with Gasteiger partial charge in [0.2, 0.25) is 0 Å². The Morgan fingerprint density at radius 1 is 1.05 bits per heavy atom. The number of anilines is 1. The van der Waals surface area contributed by atoms with Crippen molar-refractivity contribution >= 4 is 5.69 Å². The fourth-order valence-electron chi connectivity index (χ4n) is 2.46. The van der Waals surface area contributed by atoms with Gasteiger partial charge in [0.1, 0.15) is 11.9 Å². The Kier molecular flexibility index (Phi) is 3.41. The van der Waals surface area contributed by atoms with Crippen LogP contribution in [-0.2, 0) is 6.42 Å². The van der Waals surface area contributed by atoms with Crippen molar-refractivity contribution in [2.75, 3.05) is 11.9 Å². The van der Waals surface area contributed by atoms with Crippen LogP contribution in [0.5, 0.6) is 5.75 Å². The van der Waals surface area contributed by atoms with Crippen LogP contribution in [0.1, 0.15) is 17.5 Å². The molecule has 2 aromatic rings. The van der Waals surface area contributed by atoms with Gasteiger partial charge in [-0.15, -0.1) is 0 Å². The van der Waals surface area contributed by atoms with Crippen molar-refractivity contribution in [1.82, 2.24) is 0 Å². The summed E-state index contributed by atoms with van der Waals surface area (Å²) >= 11 is 0. The van der Waals surface area contributed by atoms with Gasteiger partial charge in [-0.3, -0.25) is 0 Å². The van der Waals surface area contributed by atoms with E-state index in [1.807, 2.05) is 12.1 Å². The molecular formula is C17H19NO. The van der Waals surface area contributed by atoms with Crippen molar-refractivity contribution in [1.29, 1.82) is 0 Å². The molecule has 0 amide bonds. The van der Waals surface area contributed by atoms with E-state index in [4.69, 9.17) is 4.74 Å². The van der Waals surface area contributed by atoms with Crippen molar-refractivity contribution < 1.29 is 4.74 Å². The molecule has 0 aromatic heterocycles. The minimum atomic E-state index is 0.232. The number of benzene rings is 2. The average Bonchev–Trinajstić information content (AvgIpc) is 2.64. The van der Waals surface area contributed by atoms with E-state index in [9.17, 15) is 0 Å². The average molecular weight is 253 g/mol. The molecule has 3 rings (SSSR count). The Hall–Kier alpha value is -1.96. The summed E-state index contributed by atoms with van der Waals surface area (Å²) in [5.41, 5.74) is 3.90. The highest BCUT2D eigenvalue weighted by molar-refractivity contribution is 5.52. The van der Waals surface area contributed by atoms with Gasteiger partial charge in [-0.2, -0.15) is 0 Å². The molecule has 19 heavy (non-hydrogen) atoms. The summed E-state index contributed by atoms with van der Waals surface area (Å²) in [6.45, 7) is 2.96. The number of para-hydroxylation sites is 1. The molecule has 0 spiro atoms. The lowest BCUT2D eigenvalue weighted by Gasteiger charge is -2.17. The Labute approximate surface area is 114 Å². The van der Waals surface area contributed by atoms with E-state index in [1.54, 1.807) is 0 Å². The van der Waals surface area contributed by atoms with Crippen LogP contribution in [0.4, 0.5) is 5.69 Å². The van der Waals surface area contributed by atoms with E-state index < -0.39 is 0 Å². The largest absolute Gasteiger partial charge is 0.489 e. The van der Waals surface area contributed by atoms with Gasteiger partial charge in [-0.05, 0) is 43.5 Å².